The minimum absolute atomic E-state index is 0.00436. The van der Waals surface area contributed by atoms with E-state index in [9.17, 15) is 40.5 Å². The second kappa shape index (κ2) is 5.93. The summed E-state index contributed by atoms with van der Waals surface area (Å²) in [4.78, 5) is 15.9. The lowest BCUT2D eigenvalue weighted by Crippen LogP contribution is -2.77. The van der Waals surface area contributed by atoms with Crippen LogP contribution < -0.4 is 0 Å². The van der Waals surface area contributed by atoms with Crippen molar-refractivity contribution in [3.8, 4) is 0 Å². The van der Waals surface area contributed by atoms with Crippen molar-refractivity contribution in [3.05, 3.63) is 24.0 Å². The van der Waals surface area contributed by atoms with Gasteiger partial charge >= 0.3 is 5.97 Å². The monoisotopic (exact) mass is 523 g/mol. The Kier molecular flexibility index (Phi) is 3.92. The Morgan fingerprint density at radius 3 is 2.46 bits per heavy atom. The smallest absolute Gasteiger partial charge is 0.355 e. The van der Waals surface area contributed by atoms with Crippen LogP contribution in [0.3, 0.4) is 0 Å². The third kappa shape index (κ3) is 1.73. The number of aromatic nitrogens is 1. The van der Waals surface area contributed by atoms with Gasteiger partial charge < -0.3 is 54.9 Å². The van der Waals surface area contributed by atoms with E-state index < -0.39 is 93.5 Å². The van der Waals surface area contributed by atoms with Gasteiger partial charge in [0.1, 0.15) is 39.8 Å². The van der Waals surface area contributed by atoms with Crippen LogP contribution in [0.1, 0.15) is 51.0 Å². The summed E-state index contributed by atoms with van der Waals surface area (Å²) in [7, 11) is 0. The predicted molar refractivity (Wildman–Crippen MR) is 120 cm³/mol. The number of rotatable bonds is 4. The molecule has 12 nitrogen and oxygen atoms in total. The number of carbonyl (C=O) groups is 1. The van der Waals surface area contributed by atoms with E-state index in [1.165, 1.54) is 19.2 Å². The molecular formula is C25H33NO11. The van der Waals surface area contributed by atoms with Crippen LogP contribution in [0.5, 0.6) is 0 Å². The molecule has 4 heterocycles. The van der Waals surface area contributed by atoms with Gasteiger partial charge in [-0.15, -0.1) is 0 Å². The van der Waals surface area contributed by atoms with Crippen LogP contribution in [0.25, 0.3) is 0 Å². The molecule has 1 aromatic rings. The van der Waals surface area contributed by atoms with Gasteiger partial charge in [0.15, 0.2) is 17.5 Å². The van der Waals surface area contributed by atoms with Gasteiger partial charge in [-0.25, -0.2) is 4.79 Å². The van der Waals surface area contributed by atoms with Crippen molar-refractivity contribution in [3.63, 3.8) is 0 Å². The molecule has 8 rings (SSSR count). The number of aliphatic hydroxyl groups is 7. The summed E-state index contributed by atoms with van der Waals surface area (Å²) in [5.41, 5.74) is -18.6. The molecule has 3 saturated heterocycles. The average Bonchev–Trinajstić information content (AvgIpc) is 3.14. The number of H-pyrrole nitrogens is 1. The lowest BCUT2D eigenvalue weighted by molar-refractivity contribution is -0.392. The van der Waals surface area contributed by atoms with E-state index in [1.54, 1.807) is 26.8 Å². The van der Waals surface area contributed by atoms with Crippen molar-refractivity contribution in [2.45, 2.75) is 98.2 Å². The Balaban J connectivity index is 1.57. The molecule has 0 amide bonds. The summed E-state index contributed by atoms with van der Waals surface area (Å²) in [6.45, 7) is 5.00. The number of aliphatic hydroxyl groups excluding tert-OH is 2. The summed E-state index contributed by atoms with van der Waals surface area (Å²) in [5, 5.41) is 85.5. The number of esters is 1. The fourth-order valence-electron chi connectivity index (χ4n) is 9.93. The fourth-order valence-corrected chi connectivity index (χ4v) is 9.93. The zero-order chi connectivity index (χ0) is 27.0. The van der Waals surface area contributed by atoms with E-state index in [0.717, 1.165) is 0 Å². The normalized spacial score (nSPS) is 62.1. The van der Waals surface area contributed by atoms with Gasteiger partial charge in [0.2, 0.25) is 0 Å². The summed E-state index contributed by atoms with van der Waals surface area (Å²) < 4.78 is 17.7. The highest BCUT2D eigenvalue weighted by molar-refractivity contribution is 5.87. The number of carbonyl (C=O) groups excluding carboxylic acids is 1. The molecule has 204 valence electrons. The minimum Gasteiger partial charge on any atom is -0.451 e. The van der Waals surface area contributed by atoms with Crippen LogP contribution in [-0.2, 0) is 14.2 Å². The van der Waals surface area contributed by atoms with E-state index in [1.807, 2.05) is 0 Å². The van der Waals surface area contributed by atoms with E-state index in [-0.39, 0.29) is 12.1 Å². The first-order valence-electron chi connectivity index (χ1n) is 12.6. The molecule has 12 heteroatoms. The van der Waals surface area contributed by atoms with Gasteiger partial charge in [-0.1, -0.05) is 13.8 Å². The van der Waals surface area contributed by atoms with Crippen molar-refractivity contribution < 1.29 is 54.8 Å². The highest BCUT2D eigenvalue weighted by atomic mass is 16.7. The Hall–Kier alpha value is -1.61. The highest BCUT2D eigenvalue weighted by Gasteiger charge is 3.12. The van der Waals surface area contributed by atoms with Crippen molar-refractivity contribution in [2.24, 2.45) is 16.7 Å². The maximum absolute atomic E-state index is 13.2. The van der Waals surface area contributed by atoms with E-state index in [2.05, 4.69) is 4.98 Å². The van der Waals surface area contributed by atoms with Gasteiger partial charge in [0.25, 0.3) is 0 Å². The third-order valence-corrected chi connectivity index (χ3v) is 11.8. The number of epoxide rings is 1. The molecule has 0 unspecified atom stereocenters. The van der Waals surface area contributed by atoms with Crippen molar-refractivity contribution in [1.82, 2.24) is 4.98 Å². The first-order chi connectivity index (χ1) is 17.0. The molecule has 1 spiro atoms. The van der Waals surface area contributed by atoms with Crippen LogP contribution in [0.4, 0.5) is 0 Å². The molecule has 7 aliphatic rings. The Morgan fingerprint density at radius 1 is 1.22 bits per heavy atom. The molecular weight excluding hydrogens is 490 g/mol. The second-order valence-electron chi connectivity index (χ2n) is 12.7. The van der Waals surface area contributed by atoms with Crippen LogP contribution in [0.15, 0.2) is 18.3 Å². The van der Waals surface area contributed by atoms with Crippen molar-refractivity contribution in [1.29, 1.82) is 0 Å². The largest absolute Gasteiger partial charge is 0.451 e. The first-order valence-corrected chi connectivity index (χ1v) is 12.6. The highest BCUT2D eigenvalue weighted by Crippen LogP contribution is 2.91. The SMILES string of the molecule is CC(C)[C@@]1(O)[C@@H](OC(=O)c2ccc[nH]2)[C@@]2(O)[C@@]3(CO)C[C@@]4(O)O[C@@]5([C@@H](O)[C@]6(C)O[C@@H]6C[C@]35O)[C@@]2(O)[C@@]41C. The molecule has 12 atom stereocenters. The number of nitrogens with one attached hydrogen (secondary N) is 1. The lowest BCUT2D eigenvalue weighted by Gasteiger charge is -2.60. The Morgan fingerprint density at radius 2 is 1.89 bits per heavy atom. The molecule has 7 fully saturated rings. The number of aromatic amines is 1. The van der Waals surface area contributed by atoms with E-state index >= 15 is 0 Å². The minimum atomic E-state index is -2.82. The zero-order valence-corrected chi connectivity index (χ0v) is 20.9. The average molecular weight is 524 g/mol. The lowest BCUT2D eigenvalue weighted by atomic mass is 9.52. The molecule has 3 aliphatic heterocycles. The van der Waals surface area contributed by atoms with Crippen LogP contribution in [0, 0.1) is 16.7 Å². The standard InChI is InChI=1S/C25H33NO11/c1-11(2)22(32)16(35-14(28)12-6-5-7-26-12)23(33)19(10-27)9-21(31)18(22,4)25(23,34)24(37-21)15(29)17(3)13(36-17)8-20(19,24)30/h5-7,11,13,15-16,26-27,29-34H,8-10H2,1-4H3/t13-,15+,16-,17-,18+,19-,20+,21-,22-,23-,24-,25-/m1/s1. The van der Waals surface area contributed by atoms with Gasteiger partial charge in [0.05, 0.1) is 23.5 Å². The Bertz CT molecular complexity index is 1240. The van der Waals surface area contributed by atoms with Crippen molar-refractivity contribution in [2.75, 3.05) is 6.61 Å². The molecule has 37 heavy (non-hydrogen) atoms. The molecule has 4 saturated carbocycles. The van der Waals surface area contributed by atoms with Gasteiger partial charge in [-0.05, 0) is 31.9 Å². The summed E-state index contributed by atoms with van der Waals surface area (Å²) in [6.07, 6.45) is -3.84. The molecule has 4 aliphatic carbocycles. The maximum atomic E-state index is 13.2. The Labute approximate surface area is 211 Å². The van der Waals surface area contributed by atoms with Gasteiger partial charge in [-0.2, -0.15) is 0 Å². The van der Waals surface area contributed by atoms with Crippen LogP contribution in [0.2, 0.25) is 0 Å². The number of hydrogen-bond acceptors (Lipinski definition) is 11. The maximum Gasteiger partial charge on any atom is 0.355 e. The zero-order valence-electron chi connectivity index (χ0n) is 20.9. The number of hydrogen-bond donors (Lipinski definition) is 8. The van der Waals surface area contributed by atoms with Gasteiger partial charge in [0, 0.05) is 19.0 Å². The van der Waals surface area contributed by atoms with Gasteiger partial charge in [-0.3, -0.25) is 0 Å². The molecule has 1 aromatic heterocycles. The van der Waals surface area contributed by atoms with Crippen molar-refractivity contribution >= 4 is 5.97 Å². The second-order valence-corrected chi connectivity index (χ2v) is 12.7. The molecule has 8 N–H and O–H groups in total. The first kappa shape index (κ1) is 24.4. The summed E-state index contributed by atoms with van der Waals surface area (Å²) in [5.74, 6) is -4.30. The third-order valence-electron chi connectivity index (χ3n) is 11.8. The fraction of sp³-hybridized carbons (Fsp3) is 0.800. The number of ether oxygens (including phenoxy) is 3. The quantitative estimate of drug-likeness (QED) is 0.159. The molecule has 6 bridgehead atoms. The number of fused-ring (bicyclic) bond motifs is 1. The molecule has 0 aromatic carbocycles. The van der Waals surface area contributed by atoms with E-state index in [0.29, 0.717) is 0 Å². The molecule has 0 radical (unpaired) electrons. The summed E-state index contributed by atoms with van der Waals surface area (Å²) in [6, 6.07) is 2.97. The topological polar surface area (TPSA) is 205 Å². The summed E-state index contributed by atoms with van der Waals surface area (Å²) >= 11 is 0. The van der Waals surface area contributed by atoms with Crippen LogP contribution in [-0.4, -0.2) is 111 Å². The van der Waals surface area contributed by atoms with E-state index in [4.69, 9.17) is 14.2 Å². The van der Waals surface area contributed by atoms with Crippen LogP contribution >= 0.6 is 0 Å². The predicted octanol–water partition coefficient (Wildman–Crippen LogP) is -2.08.